The van der Waals surface area contributed by atoms with Crippen LogP contribution in [0.2, 0.25) is 0 Å². The monoisotopic (exact) mass is 81.0 g/mol. The molecule has 4 heavy (non-hydrogen) atoms. The van der Waals surface area contributed by atoms with Crippen LogP contribution in [0.3, 0.4) is 0 Å². The fourth-order valence-electron chi connectivity index (χ4n) is 0. The molecule has 0 saturated carbocycles. The van der Waals surface area contributed by atoms with Gasteiger partial charge in [0.1, 0.15) is 0 Å². The molecule has 0 atom stereocenters. The van der Waals surface area contributed by atoms with E-state index in [0.29, 0.717) is 0 Å². The Kier molecular flexibility index (Phi) is 246. The van der Waals surface area contributed by atoms with Gasteiger partial charge < -0.3 is 11.0 Å². The van der Waals surface area contributed by atoms with Crippen molar-refractivity contribution in [3.63, 3.8) is 0 Å². The summed E-state index contributed by atoms with van der Waals surface area (Å²) in [5, 5.41) is 0. The molecule has 0 aliphatic rings. The number of rotatable bonds is 0. The van der Waals surface area contributed by atoms with E-state index in [1.54, 1.807) is 0 Å². The molecule has 0 aromatic rings. The normalized spacial score (nSPS) is 0. The molecule has 0 unspecified atom stereocenters. The largest absolute Gasteiger partial charge is 2.00 e. The quantitative estimate of drug-likeness (QED) is 0.281. The molecule has 0 radical (unpaired) electrons. The molecular formula is H2MgNaO2+. The minimum atomic E-state index is 0. The van der Waals surface area contributed by atoms with E-state index in [-0.39, 0.29) is 63.6 Å². The van der Waals surface area contributed by atoms with Crippen molar-refractivity contribution in [3.05, 3.63) is 0 Å². The zero-order valence-corrected chi connectivity index (χ0v) is 6.02. The van der Waals surface area contributed by atoms with Crippen LogP contribution in [0.1, 0.15) is 0 Å². The molecule has 0 heterocycles. The molecular weight excluding hydrogens is 79.3 g/mol. The van der Waals surface area contributed by atoms with E-state index in [0.717, 1.165) is 0 Å². The van der Waals surface area contributed by atoms with E-state index in [1.165, 1.54) is 0 Å². The van der Waals surface area contributed by atoms with Crippen LogP contribution in [-0.2, 0) is 0 Å². The van der Waals surface area contributed by atoms with Crippen molar-refractivity contribution in [2.45, 2.75) is 0 Å². The Morgan fingerprint density at radius 1 is 0.750 bits per heavy atom. The molecule has 2 N–H and O–H groups in total. The van der Waals surface area contributed by atoms with Crippen molar-refractivity contribution < 1.29 is 40.5 Å². The average Bonchev–Trinajstić information content (AvgIpc) is 0. The van der Waals surface area contributed by atoms with Crippen LogP contribution in [0.5, 0.6) is 0 Å². The first kappa shape index (κ1) is 43.9. The van der Waals surface area contributed by atoms with Gasteiger partial charge in [0.15, 0.2) is 0 Å². The topological polar surface area (TPSA) is 60.0 Å². The smallest absolute Gasteiger partial charge is 0.870 e. The van der Waals surface area contributed by atoms with Crippen molar-refractivity contribution in [1.82, 2.24) is 0 Å². The second-order valence-corrected chi connectivity index (χ2v) is 0. The van der Waals surface area contributed by atoms with Gasteiger partial charge >= 0.3 is 52.6 Å². The Morgan fingerprint density at radius 3 is 0.750 bits per heavy atom. The zero-order valence-electron chi connectivity index (χ0n) is 2.60. The van der Waals surface area contributed by atoms with Gasteiger partial charge in [-0.1, -0.05) is 0 Å². The molecule has 0 fully saturated rings. The van der Waals surface area contributed by atoms with E-state index in [2.05, 4.69) is 0 Å². The van der Waals surface area contributed by atoms with Gasteiger partial charge in [-0.05, 0) is 0 Å². The molecule has 0 aliphatic heterocycles. The first-order valence-electron chi connectivity index (χ1n) is 0. The first-order chi connectivity index (χ1) is 0. The minimum Gasteiger partial charge on any atom is -0.870 e. The summed E-state index contributed by atoms with van der Waals surface area (Å²) in [6.07, 6.45) is 0. The molecule has 16 valence electrons. The maximum absolute atomic E-state index is 0. The summed E-state index contributed by atoms with van der Waals surface area (Å²) < 4.78 is 0. The molecule has 0 amide bonds. The average molecular weight is 81.3 g/mol. The van der Waals surface area contributed by atoms with Gasteiger partial charge in [-0.15, -0.1) is 0 Å². The second kappa shape index (κ2) is 22.4. The molecule has 0 rings (SSSR count). The standard InChI is InChI=1S/Mg.Na.2H2O/h;;2*1H2/q+2;+1;;/p-2. The third-order valence-corrected chi connectivity index (χ3v) is 0. The van der Waals surface area contributed by atoms with E-state index >= 15 is 0 Å². The summed E-state index contributed by atoms with van der Waals surface area (Å²) >= 11 is 0. The predicted molar refractivity (Wildman–Crippen MR) is 9.63 cm³/mol. The van der Waals surface area contributed by atoms with Crippen molar-refractivity contribution in [2.24, 2.45) is 0 Å². The van der Waals surface area contributed by atoms with Gasteiger partial charge in [0.25, 0.3) is 0 Å². The SMILES string of the molecule is [Mg+2].[Na+].[OH-].[OH-]. The molecule has 0 aromatic carbocycles. The van der Waals surface area contributed by atoms with E-state index in [1.807, 2.05) is 0 Å². The van der Waals surface area contributed by atoms with Crippen LogP contribution in [0.4, 0.5) is 0 Å². The van der Waals surface area contributed by atoms with E-state index in [9.17, 15) is 0 Å². The van der Waals surface area contributed by atoms with Crippen molar-refractivity contribution in [3.8, 4) is 0 Å². The van der Waals surface area contributed by atoms with Crippen LogP contribution < -0.4 is 29.6 Å². The summed E-state index contributed by atoms with van der Waals surface area (Å²) in [5.41, 5.74) is 0. The summed E-state index contributed by atoms with van der Waals surface area (Å²) in [6.45, 7) is 0. The van der Waals surface area contributed by atoms with Crippen LogP contribution in [0, 0.1) is 0 Å². The Labute approximate surface area is 63.0 Å². The molecule has 0 aromatic heterocycles. The molecule has 2 nitrogen and oxygen atoms in total. The zero-order chi connectivity index (χ0) is 0. The van der Waals surface area contributed by atoms with Crippen LogP contribution >= 0.6 is 0 Å². The maximum Gasteiger partial charge on any atom is 2.00 e. The number of hydrogen-bond donors (Lipinski definition) is 0. The Bertz CT molecular complexity index is 6.00. The Hall–Kier alpha value is 1.69. The molecule has 0 aliphatic carbocycles. The summed E-state index contributed by atoms with van der Waals surface area (Å²) in [7, 11) is 0. The van der Waals surface area contributed by atoms with E-state index < -0.39 is 0 Å². The van der Waals surface area contributed by atoms with Crippen molar-refractivity contribution in [2.75, 3.05) is 0 Å². The Balaban J connectivity index is 0. The molecule has 4 heteroatoms. The second-order valence-electron chi connectivity index (χ2n) is 0. The Morgan fingerprint density at radius 2 is 0.750 bits per heavy atom. The van der Waals surface area contributed by atoms with Crippen LogP contribution in [-0.4, -0.2) is 34.0 Å². The summed E-state index contributed by atoms with van der Waals surface area (Å²) in [4.78, 5) is 0. The first-order valence-corrected chi connectivity index (χ1v) is 0. The molecule has 0 spiro atoms. The maximum atomic E-state index is 0. The van der Waals surface area contributed by atoms with Gasteiger partial charge in [0, 0.05) is 0 Å². The van der Waals surface area contributed by atoms with E-state index in [4.69, 9.17) is 0 Å². The van der Waals surface area contributed by atoms with Crippen LogP contribution in [0.15, 0.2) is 0 Å². The molecule has 0 saturated heterocycles. The predicted octanol–water partition coefficient (Wildman–Crippen LogP) is -3.73. The third kappa shape index (κ3) is 9.35. The fraction of sp³-hybridized carbons (Fsp3) is 0. The van der Waals surface area contributed by atoms with Crippen molar-refractivity contribution in [1.29, 1.82) is 0 Å². The van der Waals surface area contributed by atoms with Gasteiger partial charge in [0.2, 0.25) is 0 Å². The van der Waals surface area contributed by atoms with Gasteiger partial charge in [-0.25, -0.2) is 0 Å². The summed E-state index contributed by atoms with van der Waals surface area (Å²) in [5.74, 6) is 0. The fourth-order valence-corrected chi connectivity index (χ4v) is 0. The third-order valence-electron chi connectivity index (χ3n) is 0. The van der Waals surface area contributed by atoms with Crippen molar-refractivity contribution >= 4 is 23.1 Å². The van der Waals surface area contributed by atoms with Gasteiger partial charge in [-0.2, -0.15) is 0 Å². The summed E-state index contributed by atoms with van der Waals surface area (Å²) in [6, 6.07) is 0. The molecule has 0 bridgehead atoms. The van der Waals surface area contributed by atoms with Gasteiger partial charge in [0.05, 0.1) is 0 Å². The van der Waals surface area contributed by atoms with Crippen LogP contribution in [0.25, 0.3) is 0 Å². The minimum absolute atomic E-state index is 0. The number of hydrogen-bond acceptors (Lipinski definition) is 2. The van der Waals surface area contributed by atoms with Gasteiger partial charge in [-0.3, -0.25) is 0 Å².